The van der Waals surface area contributed by atoms with Crippen molar-refractivity contribution >= 4 is 29.8 Å². The molecule has 2 aromatic rings. The third kappa shape index (κ3) is 26.6. The quantitative estimate of drug-likeness (QED) is 0.0323. The number of aryl methyl sites for hydroxylation is 1. The number of ether oxygens (including phenoxy) is 4. The minimum absolute atomic E-state index is 0.0158. The molecular formula is C72H117N3O12. The minimum Gasteiger partial charge on any atom is -0.487 e. The lowest BCUT2D eigenvalue weighted by atomic mass is 9.85. The molecule has 2 aliphatic heterocycles. The molecule has 0 radical (unpaired) electrons. The molecule has 87 heavy (non-hydrogen) atoms. The van der Waals surface area contributed by atoms with Crippen molar-refractivity contribution in [2.75, 3.05) is 58.9 Å². The first-order valence-electron chi connectivity index (χ1n) is 33.5. The smallest absolute Gasteiger partial charge is 0.325 e. The van der Waals surface area contributed by atoms with Gasteiger partial charge in [0.25, 0.3) is 0 Å². The molecule has 0 fully saturated rings. The topological polar surface area (TPSA) is 193 Å². The second kappa shape index (κ2) is 36.6. The lowest BCUT2D eigenvalue weighted by molar-refractivity contribution is -0.142. The van der Waals surface area contributed by atoms with Crippen LogP contribution in [0.1, 0.15) is 230 Å². The number of carboxylic acid groups (broad SMARTS) is 3. The summed E-state index contributed by atoms with van der Waals surface area (Å²) >= 11 is 0. The standard InChI is InChI=1S/C72H117N3O12/c1-49(2)23-18-26-52(6)29-20-28-51(5)25-16-17-35-72(15)38-34-61-59(13)69(56(10)57(11)70(61)87-72)85-67(83)48-75(46-65(80)81)42-40-73(44-63(76)77)39-41-74(45-64(78)79)47-66(82)84-68-55(9)43-62-60(58(68)12)33-37-71(14,86-62)36-22-32-54(8)31-21-30-53(7)27-19-24-50(3)4/h17,35,43,49-54H,16,18-34,36-42,44-48H2,1-15H3,(H,76,77)(H,78,79)(H,80,81). The molecule has 2 aliphatic rings. The highest BCUT2D eigenvalue weighted by Crippen LogP contribution is 2.45. The summed E-state index contributed by atoms with van der Waals surface area (Å²) in [5.41, 5.74) is 5.11. The summed E-state index contributed by atoms with van der Waals surface area (Å²) < 4.78 is 25.5. The van der Waals surface area contributed by atoms with E-state index in [9.17, 15) is 39.3 Å². The van der Waals surface area contributed by atoms with E-state index < -0.39 is 55.1 Å². The fourth-order valence-corrected chi connectivity index (χ4v) is 12.9. The van der Waals surface area contributed by atoms with Crippen LogP contribution in [0, 0.1) is 70.1 Å². The first-order valence-corrected chi connectivity index (χ1v) is 33.5. The Morgan fingerprint density at radius 1 is 0.517 bits per heavy atom. The Morgan fingerprint density at radius 3 is 1.44 bits per heavy atom. The predicted octanol–water partition coefficient (Wildman–Crippen LogP) is 15.1. The number of rotatable bonds is 42. The summed E-state index contributed by atoms with van der Waals surface area (Å²) in [6, 6.07) is 1.93. The fourth-order valence-electron chi connectivity index (χ4n) is 12.9. The Labute approximate surface area is 525 Å². The number of carbonyl (C=O) groups excluding carboxylic acids is 2. The summed E-state index contributed by atoms with van der Waals surface area (Å²) in [4.78, 5) is 68.1. The maximum atomic E-state index is 13.7. The number of nitrogens with zero attached hydrogens (tertiary/aromatic N) is 3. The zero-order chi connectivity index (χ0) is 64.6. The van der Waals surface area contributed by atoms with Gasteiger partial charge in [-0.05, 0) is 175 Å². The highest BCUT2D eigenvalue weighted by atomic mass is 16.5. The number of fused-ring (bicyclic) bond motifs is 2. The summed E-state index contributed by atoms with van der Waals surface area (Å²) in [5.74, 6) is 2.04. The lowest BCUT2D eigenvalue weighted by Crippen LogP contribution is -2.46. The van der Waals surface area contributed by atoms with E-state index in [1.807, 2.05) is 40.7 Å². The number of carbonyl (C=O) groups is 5. The van der Waals surface area contributed by atoms with Crippen molar-refractivity contribution in [1.82, 2.24) is 14.7 Å². The van der Waals surface area contributed by atoms with Crippen molar-refractivity contribution in [3.8, 4) is 23.0 Å². The molecule has 6 atom stereocenters. The molecule has 15 heteroatoms. The van der Waals surface area contributed by atoms with E-state index in [1.54, 1.807) is 0 Å². The van der Waals surface area contributed by atoms with Gasteiger partial charge in [0.1, 0.15) is 34.2 Å². The Kier molecular flexibility index (Phi) is 31.3. The normalized spacial score (nSPS) is 18.2. The SMILES string of the molecule is Cc1cc2c(c(C)c1OC(=O)CN(CCN(CCN(CC(=O)O)CC(=O)Oc1c(C)c(C)c3c(c1C)CCC(C)(C=CCCC(C)CCCC(C)CCCC(C)C)O3)CC(=O)O)CC(=O)O)CCC(C)(CCCC(C)CCCC(C)CCCC(C)C)O2. The van der Waals surface area contributed by atoms with Gasteiger partial charge < -0.3 is 34.3 Å². The molecule has 6 unspecified atom stereocenters. The zero-order valence-corrected chi connectivity index (χ0v) is 56.8. The largest absolute Gasteiger partial charge is 0.487 e. The van der Waals surface area contributed by atoms with Crippen molar-refractivity contribution < 1.29 is 58.2 Å². The van der Waals surface area contributed by atoms with Crippen LogP contribution in [0.3, 0.4) is 0 Å². The molecule has 492 valence electrons. The second-order valence-corrected chi connectivity index (χ2v) is 28.2. The molecule has 0 bridgehead atoms. The van der Waals surface area contributed by atoms with Crippen molar-refractivity contribution in [2.24, 2.45) is 35.5 Å². The van der Waals surface area contributed by atoms with Gasteiger partial charge in [-0.2, -0.15) is 0 Å². The van der Waals surface area contributed by atoms with Gasteiger partial charge in [-0.15, -0.1) is 0 Å². The second-order valence-electron chi connectivity index (χ2n) is 28.2. The minimum atomic E-state index is -1.18. The van der Waals surface area contributed by atoms with Crippen molar-refractivity contribution in [3.63, 3.8) is 0 Å². The number of carboxylic acids is 3. The Morgan fingerprint density at radius 2 is 0.943 bits per heavy atom. The molecule has 0 aliphatic carbocycles. The first-order chi connectivity index (χ1) is 41.0. The average molecular weight is 1220 g/mol. The molecule has 4 rings (SSSR count). The van der Waals surface area contributed by atoms with Crippen LogP contribution in [0.2, 0.25) is 0 Å². The zero-order valence-electron chi connectivity index (χ0n) is 56.8. The van der Waals surface area contributed by atoms with Crippen LogP contribution in [-0.2, 0) is 36.8 Å². The lowest BCUT2D eigenvalue weighted by Gasteiger charge is -2.37. The van der Waals surface area contributed by atoms with Crippen LogP contribution in [0.4, 0.5) is 0 Å². The molecule has 15 nitrogen and oxygen atoms in total. The molecule has 0 aromatic heterocycles. The van der Waals surface area contributed by atoms with E-state index in [1.165, 1.54) is 98.2 Å². The van der Waals surface area contributed by atoms with Gasteiger partial charge in [-0.1, -0.05) is 145 Å². The maximum Gasteiger partial charge on any atom is 0.325 e. The summed E-state index contributed by atoms with van der Waals surface area (Å²) in [6.07, 6.45) is 28.5. The highest BCUT2D eigenvalue weighted by Gasteiger charge is 2.36. The summed E-state index contributed by atoms with van der Waals surface area (Å²) in [5, 5.41) is 29.7. The van der Waals surface area contributed by atoms with Crippen LogP contribution in [-0.4, -0.2) is 130 Å². The van der Waals surface area contributed by atoms with E-state index in [0.717, 1.165) is 125 Å². The van der Waals surface area contributed by atoms with Crippen molar-refractivity contribution in [2.45, 2.75) is 250 Å². The highest BCUT2D eigenvalue weighted by molar-refractivity contribution is 5.78. The molecule has 0 amide bonds. The molecule has 0 saturated carbocycles. The molecule has 0 spiro atoms. The van der Waals surface area contributed by atoms with Crippen molar-refractivity contribution in [3.05, 3.63) is 57.2 Å². The third-order valence-corrected chi connectivity index (χ3v) is 18.7. The van der Waals surface area contributed by atoms with E-state index in [4.69, 9.17) is 18.9 Å². The molecule has 3 N–H and O–H groups in total. The number of aliphatic carboxylic acids is 3. The Balaban J connectivity index is 1.30. The molecular weight excluding hydrogens is 1100 g/mol. The first kappa shape index (κ1) is 74.5. The van der Waals surface area contributed by atoms with Gasteiger partial charge in [0, 0.05) is 37.3 Å². The van der Waals surface area contributed by atoms with Crippen molar-refractivity contribution in [1.29, 1.82) is 0 Å². The van der Waals surface area contributed by atoms with Gasteiger partial charge in [0.15, 0.2) is 0 Å². The summed E-state index contributed by atoms with van der Waals surface area (Å²) in [6.45, 7) is 30.3. The number of benzene rings is 2. The van der Waals surface area contributed by atoms with E-state index >= 15 is 0 Å². The van der Waals surface area contributed by atoms with Crippen LogP contribution < -0.4 is 18.9 Å². The van der Waals surface area contributed by atoms with Gasteiger partial charge in [-0.25, -0.2) is 0 Å². The van der Waals surface area contributed by atoms with Gasteiger partial charge in [-0.3, -0.25) is 38.7 Å². The number of hydrogen-bond donors (Lipinski definition) is 3. The monoisotopic (exact) mass is 1220 g/mol. The fraction of sp³-hybridized carbons (Fsp3) is 0.736. The predicted molar refractivity (Wildman–Crippen MR) is 349 cm³/mol. The van der Waals surface area contributed by atoms with Crippen LogP contribution in [0.5, 0.6) is 23.0 Å². The maximum absolute atomic E-state index is 13.7. The van der Waals surface area contributed by atoms with E-state index in [-0.39, 0.29) is 44.9 Å². The van der Waals surface area contributed by atoms with E-state index in [2.05, 4.69) is 81.4 Å². The van der Waals surface area contributed by atoms with E-state index in [0.29, 0.717) is 23.3 Å². The Hall–Kier alpha value is -4.99. The Bertz CT molecular complexity index is 2560. The summed E-state index contributed by atoms with van der Waals surface area (Å²) in [7, 11) is 0. The average Bonchev–Trinajstić information content (AvgIpc) is 1.08. The molecule has 0 saturated heterocycles. The van der Waals surface area contributed by atoms with Gasteiger partial charge in [0.05, 0.1) is 32.7 Å². The van der Waals surface area contributed by atoms with Crippen LogP contribution >= 0.6 is 0 Å². The van der Waals surface area contributed by atoms with Gasteiger partial charge in [0.2, 0.25) is 0 Å². The molecule has 2 heterocycles. The van der Waals surface area contributed by atoms with Gasteiger partial charge >= 0.3 is 29.8 Å². The number of allylic oxidation sites excluding steroid dienone is 1. The molecule has 2 aromatic carbocycles. The third-order valence-electron chi connectivity index (χ3n) is 18.7. The number of hydrogen-bond acceptors (Lipinski definition) is 12. The number of esters is 2. The van der Waals surface area contributed by atoms with Crippen LogP contribution in [0.25, 0.3) is 0 Å². The van der Waals surface area contributed by atoms with Crippen LogP contribution in [0.15, 0.2) is 18.2 Å².